The first-order chi connectivity index (χ1) is 12.0. The maximum atomic E-state index is 12.3. The van der Waals surface area contributed by atoms with Crippen molar-refractivity contribution in [3.05, 3.63) is 53.7 Å². The van der Waals surface area contributed by atoms with E-state index in [1.807, 2.05) is 45.0 Å². The monoisotopic (exact) mass is 336 g/mol. The summed E-state index contributed by atoms with van der Waals surface area (Å²) in [7, 11) is 0. The summed E-state index contributed by atoms with van der Waals surface area (Å²) < 4.78 is 0. The van der Waals surface area contributed by atoms with Gasteiger partial charge in [-0.25, -0.2) is 0 Å². The molecule has 6 nitrogen and oxygen atoms in total. The van der Waals surface area contributed by atoms with E-state index in [1.165, 1.54) is 0 Å². The minimum absolute atomic E-state index is 0.237. The molecule has 0 saturated heterocycles. The first kappa shape index (κ1) is 16.7. The van der Waals surface area contributed by atoms with Gasteiger partial charge in [0.15, 0.2) is 0 Å². The van der Waals surface area contributed by atoms with Gasteiger partial charge in [-0.05, 0) is 42.2 Å². The first-order valence-corrected chi connectivity index (χ1v) is 8.10. The summed E-state index contributed by atoms with van der Waals surface area (Å²) in [5.41, 5.74) is 3.94. The Morgan fingerprint density at radius 2 is 1.84 bits per heavy atom. The second-order valence-electron chi connectivity index (χ2n) is 6.27. The largest absolute Gasteiger partial charge is 0.318 e. The highest BCUT2D eigenvalue weighted by Crippen LogP contribution is 2.27. The molecule has 1 aromatic heterocycles. The molecule has 1 heterocycles. The van der Waals surface area contributed by atoms with E-state index in [-0.39, 0.29) is 5.92 Å². The molecule has 0 spiro atoms. The summed E-state index contributed by atoms with van der Waals surface area (Å²) in [6.07, 6.45) is 1.69. The van der Waals surface area contributed by atoms with E-state index in [0.29, 0.717) is 11.4 Å². The van der Waals surface area contributed by atoms with E-state index in [0.717, 1.165) is 22.0 Å². The van der Waals surface area contributed by atoms with Crippen LogP contribution in [0.15, 0.2) is 42.6 Å². The summed E-state index contributed by atoms with van der Waals surface area (Å²) in [6, 6.07) is 11.1. The van der Waals surface area contributed by atoms with E-state index in [1.54, 1.807) is 18.3 Å². The Labute approximate surface area is 145 Å². The third-order valence-electron chi connectivity index (χ3n) is 4.07. The summed E-state index contributed by atoms with van der Waals surface area (Å²) in [5.74, 6) is -1.17. The van der Waals surface area contributed by atoms with Crippen LogP contribution in [0.4, 0.5) is 11.4 Å². The van der Waals surface area contributed by atoms with Gasteiger partial charge in [-0.15, -0.1) is 0 Å². The number of nitrogens with one attached hydrogen (secondary N) is 3. The van der Waals surface area contributed by atoms with Gasteiger partial charge in [0, 0.05) is 16.8 Å². The molecule has 0 aliphatic heterocycles. The number of amides is 2. The molecule has 0 aliphatic rings. The van der Waals surface area contributed by atoms with Crippen LogP contribution in [-0.4, -0.2) is 22.0 Å². The van der Waals surface area contributed by atoms with Crippen LogP contribution >= 0.6 is 0 Å². The van der Waals surface area contributed by atoms with Crippen LogP contribution in [0.1, 0.15) is 30.9 Å². The summed E-state index contributed by atoms with van der Waals surface area (Å²) in [4.78, 5) is 24.5. The van der Waals surface area contributed by atoms with Gasteiger partial charge < -0.3 is 10.6 Å². The van der Waals surface area contributed by atoms with Crippen molar-refractivity contribution in [1.82, 2.24) is 10.2 Å². The van der Waals surface area contributed by atoms with Gasteiger partial charge in [-0.3, -0.25) is 14.7 Å². The number of rotatable bonds is 3. The number of aryl methyl sites for hydroxylation is 1. The second-order valence-corrected chi connectivity index (χ2v) is 6.27. The van der Waals surface area contributed by atoms with Gasteiger partial charge >= 0.3 is 11.8 Å². The van der Waals surface area contributed by atoms with Crippen LogP contribution in [0.3, 0.4) is 0 Å². The van der Waals surface area contributed by atoms with Gasteiger partial charge in [0.05, 0.1) is 11.7 Å². The molecule has 0 atom stereocenters. The molecule has 0 aliphatic carbocycles. The van der Waals surface area contributed by atoms with Crippen LogP contribution in [0.25, 0.3) is 10.9 Å². The van der Waals surface area contributed by atoms with Gasteiger partial charge in [0.1, 0.15) is 0 Å². The molecule has 3 rings (SSSR count). The molecular weight excluding hydrogens is 316 g/mol. The molecule has 6 heteroatoms. The second kappa shape index (κ2) is 6.76. The first-order valence-electron chi connectivity index (χ1n) is 8.10. The Kier molecular flexibility index (Phi) is 4.52. The van der Waals surface area contributed by atoms with Crippen LogP contribution in [0.5, 0.6) is 0 Å². The van der Waals surface area contributed by atoms with Crippen LogP contribution < -0.4 is 10.6 Å². The average molecular weight is 336 g/mol. The molecule has 0 fully saturated rings. The smallest absolute Gasteiger partial charge is 0.314 e. The van der Waals surface area contributed by atoms with Crippen LogP contribution in [0.2, 0.25) is 0 Å². The normalized spacial score (nSPS) is 10.9. The lowest BCUT2D eigenvalue weighted by molar-refractivity contribution is -0.133. The number of para-hydroxylation sites is 1. The molecule has 3 N–H and O–H groups in total. The maximum absolute atomic E-state index is 12.3. The zero-order valence-electron chi connectivity index (χ0n) is 14.4. The van der Waals surface area contributed by atoms with Crippen molar-refractivity contribution < 1.29 is 9.59 Å². The molecule has 2 aromatic carbocycles. The number of fused-ring (bicyclic) bond motifs is 1. The zero-order chi connectivity index (χ0) is 18.0. The fourth-order valence-electron chi connectivity index (χ4n) is 2.72. The number of carbonyl (C=O) groups excluding carboxylic acids is 2. The van der Waals surface area contributed by atoms with Crippen molar-refractivity contribution in [3.8, 4) is 0 Å². The minimum Gasteiger partial charge on any atom is -0.318 e. The molecule has 3 aromatic rings. The molecule has 128 valence electrons. The van der Waals surface area contributed by atoms with E-state index < -0.39 is 11.8 Å². The Hall–Kier alpha value is -3.15. The van der Waals surface area contributed by atoms with Gasteiger partial charge in [0.25, 0.3) is 0 Å². The number of aromatic nitrogens is 2. The number of H-pyrrole nitrogens is 1. The van der Waals surface area contributed by atoms with Crippen LogP contribution in [0, 0.1) is 6.92 Å². The quantitative estimate of drug-likeness (QED) is 0.639. The van der Waals surface area contributed by atoms with E-state index >= 15 is 0 Å². The maximum Gasteiger partial charge on any atom is 0.314 e. The molecule has 25 heavy (non-hydrogen) atoms. The van der Waals surface area contributed by atoms with E-state index in [4.69, 9.17) is 0 Å². The Morgan fingerprint density at radius 3 is 2.60 bits per heavy atom. The van der Waals surface area contributed by atoms with Crippen molar-refractivity contribution in [2.45, 2.75) is 26.7 Å². The Bertz CT molecular complexity index is 944. The predicted octanol–water partition coefficient (Wildman–Crippen LogP) is 3.57. The zero-order valence-corrected chi connectivity index (χ0v) is 14.4. The highest BCUT2D eigenvalue weighted by Gasteiger charge is 2.18. The Morgan fingerprint density at radius 1 is 1.08 bits per heavy atom. The fraction of sp³-hybridized carbons (Fsp3) is 0.211. The molecular formula is C19H20N4O2. The number of carbonyl (C=O) groups is 2. The lowest BCUT2D eigenvalue weighted by Gasteiger charge is -2.16. The van der Waals surface area contributed by atoms with Crippen molar-refractivity contribution in [3.63, 3.8) is 0 Å². The molecule has 0 radical (unpaired) electrons. The van der Waals surface area contributed by atoms with Gasteiger partial charge in [0.2, 0.25) is 0 Å². The number of benzene rings is 2. The molecule has 0 saturated carbocycles. The minimum atomic E-state index is -0.711. The molecule has 0 bridgehead atoms. The molecule has 0 unspecified atom stereocenters. The van der Waals surface area contributed by atoms with Crippen molar-refractivity contribution in [1.29, 1.82) is 0 Å². The average Bonchev–Trinajstić information content (AvgIpc) is 3.04. The third-order valence-corrected chi connectivity index (χ3v) is 4.07. The summed E-state index contributed by atoms with van der Waals surface area (Å²) in [5, 5.41) is 13.0. The lowest BCUT2D eigenvalue weighted by Crippen LogP contribution is -2.29. The highest BCUT2D eigenvalue weighted by atomic mass is 16.2. The summed E-state index contributed by atoms with van der Waals surface area (Å²) >= 11 is 0. The Balaban J connectivity index is 1.76. The third kappa shape index (κ3) is 3.52. The van der Waals surface area contributed by atoms with E-state index in [9.17, 15) is 9.59 Å². The number of hydrogen-bond donors (Lipinski definition) is 3. The topological polar surface area (TPSA) is 86.9 Å². The van der Waals surface area contributed by atoms with Crippen molar-refractivity contribution in [2.24, 2.45) is 0 Å². The lowest BCUT2D eigenvalue weighted by atomic mass is 9.98. The van der Waals surface area contributed by atoms with Gasteiger partial charge in [-0.1, -0.05) is 32.0 Å². The SMILES string of the molecule is Cc1cccc(C(C)C)c1NC(=O)C(=O)Nc1ccc2cn[nH]c2c1. The predicted molar refractivity (Wildman–Crippen MR) is 98.6 cm³/mol. The standard InChI is InChI=1S/C19H20N4O2/c1-11(2)15-6-4-5-12(3)17(15)22-19(25)18(24)21-14-8-7-13-10-20-23-16(13)9-14/h4-11H,1-3H3,(H,20,23)(H,21,24)(H,22,25). The van der Waals surface area contributed by atoms with Gasteiger partial charge in [-0.2, -0.15) is 5.10 Å². The van der Waals surface area contributed by atoms with Crippen LogP contribution in [-0.2, 0) is 9.59 Å². The number of aromatic amines is 1. The number of hydrogen-bond acceptors (Lipinski definition) is 3. The van der Waals surface area contributed by atoms with Crippen molar-refractivity contribution >= 4 is 34.1 Å². The van der Waals surface area contributed by atoms with E-state index in [2.05, 4.69) is 20.8 Å². The number of anilines is 2. The number of nitrogens with zero attached hydrogens (tertiary/aromatic N) is 1. The highest BCUT2D eigenvalue weighted by molar-refractivity contribution is 6.43. The summed E-state index contributed by atoms with van der Waals surface area (Å²) in [6.45, 7) is 6.00. The van der Waals surface area contributed by atoms with Crippen molar-refractivity contribution in [2.75, 3.05) is 10.6 Å². The fourth-order valence-corrected chi connectivity index (χ4v) is 2.72. The molecule has 2 amide bonds.